The van der Waals surface area contributed by atoms with Gasteiger partial charge in [0.25, 0.3) is 5.56 Å². The number of H-pyrrole nitrogens is 2. The molecule has 0 spiro atoms. The maximum atomic E-state index is 13.2. The van der Waals surface area contributed by atoms with E-state index in [1.807, 2.05) is 42.5 Å². The van der Waals surface area contributed by atoms with Gasteiger partial charge in [0.2, 0.25) is 0 Å². The van der Waals surface area contributed by atoms with Gasteiger partial charge in [0.05, 0.1) is 27.9 Å². The minimum absolute atomic E-state index is 0.00410. The lowest BCUT2D eigenvalue weighted by Gasteiger charge is -2.12. The second-order valence-corrected chi connectivity index (χ2v) is 10.9. The molecule has 2 aliphatic rings. The largest absolute Gasteiger partial charge is 0.489 e. The third kappa shape index (κ3) is 4.24. The maximum absolute atomic E-state index is 13.2. The molecule has 0 saturated heterocycles. The number of alkyl halides is 3. The predicted octanol–water partition coefficient (Wildman–Crippen LogP) is 7.48. The van der Waals surface area contributed by atoms with Gasteiger partial charge in [0.1, 0.15) is 34.8 Å². The van der Waals surface area contributed by atoms with Crippen molar-refractivity contribution < 1.29 is 22.6 Å². The first-order valence-electron chi connectivity index (χ1n) is 13.9. The molecule has 0 unspecified atom stereocenters. The highest BCUT2D eigenvalue weighted by molar-refractivity contribution is 5.86. The van der Waals surface area contributed by atoms with E-state index in [1.165, 1.54) is 11.6 Å². The molecule has 8 rings (SSSR count). The van der Waals surface area contributed by atoms with E-state index in [9.17, 15) is 18.0 Å². The van der Waals surface area contributed by atoms with E-state index in [4.69, 9.17) is 9.47 Å². The van der Waals surface area contributed by atoms with Crippen LogP contribution in [0.25, 0.3) is 33.2 Å². The van der Waals surface area contributed by atoms with Gasteiger partial charge in [-0.2, -0.15) is 13.2 Å². The molecule has 0 radical (unpaired) electrons. The van der Waals surface area contributed by atoms with Crippen LogP contribution in [0.15, 0.2) is 83.8 Å². The summed E-state index contributed by atoms with van der Waals surface area (Å²) in [5.74, 6) is 2.37. The highest BCUT2D eigenvalue weighted by atomic mass is 19.4. The van der Waals surface area contributed by atoms with Crippen molar-refractivity contribution >= 4 is 22.1 Å². The van der Waals surface area contributed by atoms with Crippen molar-refractivity contribution in [1.82, 2.24) is 19.9 Å². The number of aromatic nitrogens is 4. The first-order chi connectivity index (χ1) is 20.8. The molecule has 7 nitrogen and oxygen atoms in total. The van der Waals surface area contributed by atoms with E-state index in [2.05, 4.69) is 26.9 Å². The van der Waals surface area contributed by atoms with Gasteiger partial charge in [-0.3, -0.25) is 4.79 Å². The Morgan fingerprint density at radius 2 is 1.79 bits per heavy atom. The quantitative estimate of drug-likeness (QED) is 0.221. The number of fused-ring (bicyclic) bond motifs is 5. The van der Waals surface area contributed by atoms with Crippen molar-refractivity contribution in [3.05, 3.63) is 112 Å². The topological polar surface area (TPSA) is 92.9 Å². The van der Waals surface area contributed by atoms with Crippen LogP contribution in [-0.2, 0) is 12.6 Å². The van der Waals surface area contributed by atoms with Gasteiger partial charge < -0.3 is 19.4 Å². The smallest absolute Gasteiger partial charge is 0.416 e. The number of aromatic amines is 2. The molecule has 0 bridgehead atoms. The Labute approximate surface area is 242 Å². The molecule has 214 valence electrons. The van der Waals surface area contributed by atoms with Crippen LogP contribution < -0.4 is 15.0 Å². The molecular formula is C33H23F3N4O3. The fourth-order valence-corrected chi connectivity index (χ4v) is 6.02. The molecule has 3 aromatic carbocycles. The van der Waals surface area contributed by atoms with Crippen molar-refractivity contribution in [2.45, 2.75) is 37.5 Å². The average Bonchev–Trinajstić information content (AvgIpc) is 3.34. The highest BCUT2D eigenvalue weighted by Crippen LogP contribution is 2.63. The van der Waals surface area contributed by atoms with E-state index < -0.39 is 11.7 Å². The number of pyridine rings is 2. The number of nitrogens with zero attached hydrogens (tertiary/aromatic N) is 2. The Balaban J connectivity index is 1.09. The lowest BCUT2D eigenvalue weighted by molar-refractivity contribution is -0.137. The summed E-state index contributed by atoms with van der Waals surface area (Å²) in [6, 6.07) is 20.6. The van der Waals surface area contributed by atoms with Gasteiger partial charge in [0.15, 0.2) is 0 Å². The minimum atomic E-state index is -4.43. The summed E-state index contributed by atoms with van der Waals surface area (Å²) in [5, 5.41) is 0.663. The molecule has 1 fully saturated rings. The van der Waals surface area contributed by atoms with Gasteiger partial charge >= 0.3 is 6.18 Å². The number of hydrogen-bond donors (Lipinski definition) is 2. The minimum Gasteiger partial charge on any atom is -0.489 e. The van der Waals surface area contributed by atoms with Crippen LogP contribution in [0.1, 0.15) is 41.3 Å². The van der Waals surface area contributed by atoms with E-state index in [1.54, 1.807) is 18.3 Å². The van der Waals surface area contributed by atoms with E-state index in [0.717, 1.165) is 35.4 Å². The van der Waals surface area contributed by atoms with Gasteiger partial charge in [-0.25, -0.2) is 9.97 Å². The summed E-state index contributed by atoms with van der Waals surface area (Å²) >= 11 is 0. The van der Waals surface area contributed by atoms with Crippen molar-refractivity contribution in [2.75, 3.05) is 0 Å². The van der Waals surface area contributed by atoms with Crippen LogP contribution in [-0.4, -0.2) is 26.0 Å². The Kier molecular flexibility index (Phi) is 5.47. The second-order valence-electron chi connectivity index (χ2n) is 10.9. The van der Waals surface area contributed by atoms with Crippen LogP contribution in [0, 0.1) is 0 Å². The Hall–Kier alpha value is -5.12. The molecular weight excluding hydrogens is 557 g/mol. The lowest BCUT2D eigenvalue weighted by atomic mass is 10.0. The van der Waals surface area contributed by atoms with Crippen molar-refractivity contribution in [3.8, 4) is 28.4 Å². The lowest BCUT2D eigenvalue weighted by Crippen LogP contribution is -2.09. The predicted molar refractivity (Wildman–Crippen MR) is 155 cm³/mol. The molecule has 1 aliphatic carbocycles. The van der Waals surface area contributed by atoms with Crippen LogP contribution in [0.3, 0.4) is 0 Å². The molecule has 10 heteroatoms. The van der Waals surface area contributed by atoms with Crippen LogP contribution in [0.5, 0.6) is 17.2 Å². The van der Waals surface area contributed by atoms with Gasteiger partial charge in [-0.15, -0.1) is 0 Å². The number of benzene rings is 3. The number of aryl methyl sites for hydroxylation is 1. The summed E-state index contributed by atoms with van der Waals surface area (Å²) in [4.78, 5) is 27.7. The summed E-state index contributed by atoms with van der Waals surface area (Å²) in [5.41, 5.74) is 3.75. The number of ether oxygens (including phenoxy) is 2. The fraction of sp³-hybridized carbons (Fsp3) is 0.182. The van der Waals surface area contributed by atoms with E-state index >= 15 is 0 Å². The Morgan fingerprint density at radius 1 is 0.953 bits per heavy atom. The first-order valence-corrected chi connectivity index (χ1v) is 13.9. The third-order valence-electron chi connectivity index (χ3n) is 8.32. The van der Waals surface area contributed by atoms with Crippen molar-refractivity contribution in [2.24, 2.45) is 0 Å². The molecule has 1 aliphatic heterocycles. The third-order valence-corrected chi connectivity index (χ3v) is 8.32. The zero-order valence-electron chi connectivity index (χ0n) is 22.7. The number of halogens is 3. The first kappa shape index (κ1) is 25.6. The highest BCUT2D eigenvalue weighted by Gasteiger charge is 2.61. The van der Waals surface area contributed by atoms with Crippen LogP contribution >= 0.6 is 0 Å². The average molecular weight is 581 g/mol. The normalized spacial score (nSPS) is 18.8. The fourth-order valence-electron chi connectivity index (χ4n) is 6.02. The molecule has 4 heterocycles. The Morgan fingerprint density at radius 3 is 2.58 bits per heavy atom. The summed E-state index contributed by atoms with van der Waals surface area (Å²) in [6.07, 6.45) is -2.09. The molecule has 0 amide bonds. The van der Waals surface area contributed by atoms with E-state index in [-0.39, 0.29) is 23.5 Å². The number of rotatable bonds is 5. The standard InChI is InChI=1S/C33H23F3N4O3/c1-2-16-3-5-17(6-4-16)20-15-22-26(11-12-37-30(22)40-32(20)41)42-19-8-10-25-21(14-19)27-28(29(27)43-25)31-38-23-9-7-18(33(34,35)36)13-24(23)39-31/h3-15,27-29H,2H2,1H3,(H,38,39)(H,37,40,41)/t27-,28-,29-/m1/s1. The van der Waals surface area contributed by atoms with Crippen LogP contribution in [0.4, 0.5) is 13.2 Å². The molecule has 2 N–H and O–H groups in total. The SMILES string of the molecule is CCc1ccc(-c2cc3c(Oc4ccc5c(c4)[C@H]4[C@@H](O5)[C@@H]4c4nc5ccc(C(F)(F)F)cc5[nH]4)ccnc3[nH]c2=O)cc1. The van der Waals surface area contributed by atoms with Gasteiger partial charge in [-0.05, 0) is 66.1 Å². The zero-order chi connectivity index (χ0) is 29.5. The van der Waals surface area contributed by atoms with Crippen molar-refractivity contribution in [1.29, 1.82) is 0 Å². The second kappa shape index (κ2) is 9.19. The number of hydrogen-bond acceptors (Lipinski definition) is 5. The van der Waals surface area contributed by atoms with Gasteiger partial charge in [0, 0.05) is 23.2 Å². The molecule has 3 aromatic heterocycles. The van der Waals surface area contributed by atoms with E-state index in [0.29, 0.717) is 45.0 Å². The summed E-state index contributed by atoms with van der Waals surface area (Å²) < 4.78 is 52.0. The molecule has 1 saturated carbocycles. The summed E-state index contributed by atoms with van der Waals surface area (Å²) in [7, 11) is 0. The van der Waals surface area contributed by atoms with Gasteiger partial charge in [-0.1, -0.05) is 31.2 Å². The maximum Gasteiger partial charge on any atom is 0.416 e. The monoisotopic (exact) mass is 580 g/mol. The molecule has 3 atom stereocenters. The molecule has 6 aromatic rings. The Bertz CT molecular complexity index is 2120. The number of nitrogens with one attached hydrogen (secondary N) is 2. The number of imidazole rings is 1. The summed E-state index contributed by atoms with van der Waals surface area (Å²) in [6.45, 7) is 2.08. The molecule has 43 heavy (non-hydrogen) atoms. The zero-order valence-corrected chi connectivity index (χ0v) is 22.7. The van der Waals surface area contributed by atoms with Crippen LogP contribution in [0.2, 0.25) is 0 Å². The van der Waals surface area contributed by atoms with Crippen molar-refractivity contribution in [3.63, 3.8) is 0 Å².